The monoisotopic (exact) mass is 421 g/mol. The van der Waals surface area contributed by atoms with Crippen LogP contribution < -0.4 is 4.74 Å². The van der Waals surface area contributed by atoms with Gasteiger partial charge in [-0.25, -0.2) is 0 Å². The Morgan fingerprint density at radius 1 is 0.967 bits per heavy atom. The summed E-state index contributed by atoms with van der Waals surface area (Å²) in [5.41, 5.74) is 4.75. The molecule has 1 atom stereocenters. The maximum atomic E-state index is 6.55. The molecule has 0 aliphatic heterocycles. The molecule has 3 nitrogen and oxygen atoms in total. The van der Waals surface area contributed by atoms with E-state index < -0.39 is 9.76 Å². The summed E-state index contributed by atoms with van der Waals surface area (Å²) in [6.45, 7) is 8.90. The average molecular weight is 422 g/mol. The highest BCUT2D eigenvalue weighted by Gasteiger charge is 2.18. The first kappa shape index (κ1) is 22.5. The lowest BCUT2D eigenvalue weighted by Crippen LogP contribution is -2.16. The molecule has 30 heavy (non-hydrogen) atoms. The molecule has 3 aromatic rings. The molecule has 0 bridgehead atoms. The van der Waals surface area contributed by atoms with E-state index in [0.717, 1.165) is 42.6 Å². The van der Waals surface area contributed by atoms with Crippen molar-refractivity contribution in [2.45, 2.75) is 64.5 Å². The summed E-state index contributed by atoms with van der Waals surface area (Å²) in [7, 11) is 1.08. The predicted molar refractivity (Wildman–Crippen MR) is 129 cm³/mol. The van der Waals surface area contributed by atoms with Crippen molar-refractivity contribution in [3.05, 3.63) is 71.4 Å². The van der Waals surface area contributed by atoms with E-state index in [1.165, 1.54) is 16.5 Å². The minimum absolute atomic E-state index is 0.165. The summed E-state index contributed by atoms with van der Waals surface area (Å²) >= 11 is 0. The highest BCUT2D eigenvalue weighted by molar-refractivity contribution is 6.31. The normalized spacial score (nSPS) is 13.2. The van der Waals surface area contributed by atoms with Crippen molar-refractivity contribution in [2.75, 3.05) is 7.11 Å². The van der Waals surface area contributed by atoms with Crippen LogP contribution in [-0.4, -0.2) is 21.9 Å². The Hall–Kier alpha value is -2.17. The Labute approximate surface area is 183 Å². The molecule has 3 rings (SSSR count). The molecule has 160 valence electrons. The summed E-state index contributed by atoms with van der Waals surface area (Å²) < 4.78 is 11.8. The van der Waals surface area contributed by atoms with E-state index in [9.17, 15) is 0 Å². The van der Waals surface area contributed by atoms with Gasteiger partial charge < -0.3 is 9.16 Å². The second-order valence-electron chi connectivity index (χ2n) is 9.36. The van der Waals surface area contributed by atoms with Gasteiger partial charge in [0.1, 0.15) is 5.75 Å². The van der Waals surface area contributed by atoms with Gasteiger partial charge in [-0.3, -0.25) is 4.98 Å². The lowest BCUT2D eigenvalue weighted by atomic mass is 10.00. The molecular formula is C26H35NO2Si. The zero-order valence-corrected chi connectivity index (χ0v) is 20.5. The number of unbranched alkanes of at least 4 members (excludes halogenated alkanes) is 1. The van der Waals surface area contributed by atoms with Gasteiger partial charge >= 0.3 is 0 Å². The molecule has 0 N–H and O–H groups in total. The van der Waals surface area contributed by atoms with Crippen molar-refractivity contribution in [1.82, 2.24) is 4.98 Å². The van der Waals surface area contributed by atoms with Crippen LogP contribution in [-0.2, 0) is 10.8 Å². The van der Waals surface area contributed by atoms with Gasteiger partial charge in [-0.1, -0.05) is 57.5 Å². The first-order valence-corrected chi connectivity index (χ1v) is 12.2. The van der Waals surface area contributed by atoms with E-state index in [4.69, 9.17) is 14.1 Å². The third kappa shape index (κ3) is 6.68. The van der Waals surface area contributed by atoms with Crippen LogP contribution in [0.5, 0.6) is 5.75 Å². The van der Waals surface area contributed by atoms with Gasteiger partial charge in [0.25, 0.3) is 0 Å². The van der Waals surface area contributed by atoms with Crippen molar-refractivity contribution >= 4 is 20.7 Å². The fourth-order valence-corrected chi connectivity index (χ4v) is 4.64. The molecule has 1 heterocycles. The first-order valence-electron chi connectivity index (χ1n) is 11.0. The molecule has 0 aliphatic rings. The van der Waals surface area contributed by atoms with Gasteiger partial charge in [-0.2, -0.15) is 0 Å². The molecular weight excluding hydrogens is 386 g/mol. The van der Waals surface area contributed by atoms with Crippen LogP contribution in [0.3, 0.4) is 0 Å². The molecule has 0 aliphatic carbocycles. The number of ether oxygens (including phenoxy) is 1. The van der Waals surface area contributed by atoms with Crippen LogP contribution in [0.25, 0.3) is 10.9 Å². The zero-order valence-electron chi connectivity index (χ0n) is 19.1. The second kappa shape index (κ2) is 10.2. The summed E-state index contributed by atoms with van der Waals surface area (Å²) in [4.78, 5) is 4.72. The molecule has 0 fully saturated rings. The summed E-state index contributed by atoms with van der Waals surface area (Å²) in [6, 6.07) is 19.3. The van der Waals surface area contributed by atoms with Gasteiger partial charge in [0.05, 0.1) is 18.7 Å². The third-order valence-corrected chi connectivity index (χ3v) is 6.72. The molecule has 1 unspecified atom stereocenters. The number of aryl methyl sites for hydroxylation is 2. The first-order chi connectivity index (χ1) is 14.3. The molecule has 0 saturated heterocycles. The molecule has 0 saturated carbocycles. The Morgan fingerprint density at radius 2 is 1.70 bits per heavy atom. The van der Waals surface area contributed by atoms with Gasteiger partial charge in [-0.05, 0) is 66.6 Å². The highest BCUT2D eigenvalue weighted by atomic mass is 28.2. The van der Waals surface area contributed by atoms with Crippen LogP contribution in [0.2, 0.25) is 5.04 Å². The quantitative estimate of drug-likeness (QED) is 0.299. The van der Waals surface area contributed by atoms with Crippen LogP contribution in [0.1, 0.15) is 63.0 Å². The van der Waals surface area contributed by atoms with E-state index in [2.05, 4.69) is 63.2 Å². The minimum atomic E-state index is -0.628. The van der Waals surface area contributed by atoms with Crippen LogP contribution >= 0.6 is 0 Å². The lowest BCUT2D eigenvalue weighted by molar-refractivity contribution is 0.193. The van der Waals surface area contributed by atoms with E-state index >= 15 is 0 Å². The summed E-state index contributed by atoms with van der Waals surface area (Å²) in [5.74, 6) is 0.916. The molecule has 4 heteroatoms. The second-order valence-corrected chi connectivity index (χ2v) is 12.1. The fraction of sp³-hybridized carbons (Fsp3) is 0.423. The van der Waals surface area contributed by atoms with Gasteiger partial charge in [-0.15, -0.1) is 0 Å². The topological polar surface area (TPSA) is 31.4 Å². The smallest absolute Gasteiger partial charge is 0.167 e. The largest absolute Gasteiger partial charge is 0.497 e. The van der Waals surface area contributed by atoms with Crippen molar-refractivity contribution in [2.24, 2.45) is 0 Å². The predicted octanol–water partition coefficient (Wildman–Crippen LogP) is 6.32. The molecule has 0 amide bonds. The van der Waals surface area contributed by atoms with Crippen molar-refractivity contribution in [3.63, 3.8) is 0 Å². The Kier molecular flexibility index (Phi) is 7.67. The maximum Gasteiger partial charge on any atom is 0.167 e. The van der Waals surface area contributed by atoms with Gasteiger partial charge in [0.2, 0.25) is 0 Å². The number of hydrogen-bond acceptors (Lipinski definition) is 3. The number of hydrogen-bond donors (Lipinski definition) is 0. The maximum absolute atomic E-state index is 6.55. The lowest BCUT2D eigenvalue weighted by Gasteiger charge is -2.24. The van der Waals surface area contributed by atoms with E-state index in [1.54, 1.807) is 7.11 Å². The van der Waals surface area contributed by atoms with Crippen LogP contribution in [0.15, 0.2) is 54.6 Å². The molecule has 1 aromatic heterocycles. The van der Waals surface area contributed by atoms with E-state index in [0.29, 0.717) is 0 Å². The minimum Gasteiger partial charge on any atom is -0.497 e. The van der Waals surface area contributed by atoms with E-state index in [-0.39, 0.29) is 11.1 Å². The summed E-state index contributed by atoms with van der Waals surface area (Å²) in [5, 5.41) is 1.48. The number of methoxy groups -OCH3 is 1. The number of aromatic nitrogens is 1. The van der Waals surface area contributed by atoms with Crippen molar-refractivity contribution in [1.29, 1.82) is 0 Å². The Morgan fingerprint density at radius 3 is 2.40 bits per heavy atom. The number of nitrogens with zero attached hydrogens (tertiary/aromatic N) is 1. The van der Waals surface area contributed by atoms with Gasteiger partial charge in [0.15, 0.2) is 9.76 Å². The summed E-state index contributed by atoms with van der Waals surface area (Å²) in [6.07, 6.45) is 4.61. The number of pyridine rings is 1. The van der Waals surface area contributed by atoms with Crippen molar-refractivity contribution < 1.29 is 9.16 Å². The third-order valence-electron chi connectivity index (χ3n) is 5.29. The zero-order chi connectivity index (χ0) is 21.6. The molecule has 0 spiro atoms. The average Bonchev–Trinajstić information content (AvgIpc) is 2.72. The Bertz CT molecular complexity index is 947. The standard InChI is InChI=1S/C26H35NO2Si/c1-19-10-13-21-14-15-22(18-24(21)27-19)25(29-30-26(2,3)4)9-7-6-8-20-11-16-23(28-5)17-12-20/h10-18,25H,6-9,30H2,1-5H3. The highest BCUT2D eigenvalue weighted by Crippen LogP contribution is 2.30. The van der Waals surface area contributed by atoms with E-state index in [1.807, 2.05) is 19.1 Å². The van der Waals surface area contributed by atoms with Crippen LogP contribution in [0.4, 0.5) is 0 Å². The number of benzene rings is 2. The molecule has 0 radical (unpaired) electrons. The SMILES string of the molecule is COc1ccc(CCCCC(O[SiH2]C(C)(C)C)c2ccc3ccc(C)nc3c2)cc1. The van der Waals surface area contributed by atoms with Gasteiger partial charge in [0, 0.05) is 11.1 Å². The Balaban J connectivity index is 1.65. The van der Waals surface area contributed by atoms with Crippen molar-refractivity contribution in [3.8, 4) is 5.75 Å². The fourth-order valence-electron chi connectivity index (χ4n) is 3.58. The number of fused-ring (bicyclic) bond motifs is 1. The van der Waals surface area contributed by atoms with Crippen LogP contribution in [0, 0.1) is 6.92 Å². The number of rotatable bonds is 9. The molecule has 2 aromatic carbocycles.